The Morgan fingerprint density at radius 3 is 2.66 bits per heavy atom. The van der Waals surface area contributed by atoms with Gasteiger partial charge in [0.05, 0.1) is 18.7 Å². The van der Waals surface area contributed by atoms with Crippen LogP contribution in [0.2, 0.25) is 0 Å². The van der Waals surface area contributed by atoms with Crippen LogP contribution in [0.3, 0.4) is 0 Å². The lowest BCUT2D eigenvalue weighted by atomic mass is 10.0. The largest absolute Gasteiger partial charge is 0.462 e. The van der Waals surface area contributed by atoms with Crippen LogP contribution in [0.1, 0.15) is 70.7 Å². The third-order valence-corrected chi connectivity index (χ3v) is 5.99. The summed E-state index contributed by atoms with van der Waals surface area (Å²) in [6.45, 7) is 10.4. The number of hydrogen-bond donors (Lipinski definition) is 1. The zero-order valence-electron chi connectivity index (χ0n) is 17.4. The molecule has 0 bridgehead atoms. The molecule has 3 heterocycles. The monoisotopic (exact) mass is 418 g/mol. The Balaban J connectivity index is 1.94. The first-order chi connectivity index (χ1) is 13.7. The zero-order chi connectivity index (χ0) is 21.3. The SMILES string of the molecule is CCOC(=O)c1c(NC(=O)c2cc(C)n(C(C)C)n2)sc2c1CCN(C(C)=O)C2. The molecule has 0 saturated carbocycles. The predicted molar refractivity (Wildman–Crippen MR) is 110 cm³/mol. The molecule has 2 amide bonds. The standard InChI is InChI=1S/C20H26N4O4S/c1-6-28-20(27)17-14-7-8-23(13(5)25)10-16(14)29-19(17)21-18(26)15-9-12(4)24(22-15)11(2)3/h9,11H,6-8,10H2,1-5H3,(H,21,26). The van der Waals surface area contributed by atoms with E-state index in [4.69, 9.17) is 4.74 Å². The molecule has 2 aromatic heterocycles. The molecule has 29 heavy (non-hydrogen) atoms. The van der Waals surface area contributed by atoms with Crippen LogP contribution >= 0.6 is 11.3 Å². The fourth-order valence-corrected chi connectivity index (χ4v) is 4.71. The quantitative estimate of drug-likeness (QED) is 0.753. The van der Waals surface area contributed by atoms with Crippen molar-refractivity contribution < 1.29 is 19.1 Å². The van der Waals surface area contributed by atoms with Gasteiger partial charge in [0.1, 0.15) is 5.00 Å². The number of fused-ring (bicyclic) bond motifs is 1. The van der Waals surface area contributed by atoms with Gasteiger partial charge < -0.3 is 15.0 Å². The van der Waals surface area contributed by atoms with Gasteiger partial charge in [-0.15, -0.1) is 11.3 Å². The van der Waals surface area contributed by atoms with Crippen molar-refractivity contribution >= 4 is 34.1 Å². The Morgan fingerprint density at radius 1 is 1.34 bits per heavy atom. The zero-order valence-corrected chi connectivity index (χ0v) is 18.2. The molecular formula is C20H26N4O4S. The number of nitrogens with zero attached hydrogens (tertiary/aromatic N) is 3. The molecule has 8 nitrogen and oxygen atoms in total. The molecule has 1 aliphatic heterocycles. The average molecular weight is 419 g/mol. The van der Waals surface area contributed by atoms with Crippen LogP contribution in [0.4, 0.5) is 5.00 Å². The summed E-state index contributed by atoms with van der Waals surface area (Å²) in [4.78, 5) is 39.8. The molecular weight excluding hydrogens is 392 g/mol. The number of aryl methyl sites for hydroxylation is 1. The number of carbonyl (C=O) groups is 3. The number of rotatable bonds is 5. The van der Waals surface area contributed by atoms with E-state index >= 15 is 0 Å². The Morgan fingerprint density at radius 2 is 2.07 bits per heavy atom. The lowest BCUT2D eigenvalue weighted by Gasteiger charge is -2.25. The van der Waals surface area contributed by atoms with E-state index in [1.165, 1.54) is 18.3 Å². The van der Waals surface area contributed by atoms with Gasteiger partial charge in [0, 0.05) is 30.1 Å². The number of aromatic nitrogens is 2. The summed E-state index contributed by atoms with van der Waals surface area (Å²) in [5.41, 5.74) is 2.43. The van der Waals surface area contributed by atoms with Crippen molar-refractivity contribution in [3.8, 4) is 0 Å². The molecule has 0 aromatic carbocycles. The summed E-state index contributed by atoms with van der Waals surface area (Å²) in [6.07, 6.45) is 0.552. The molecule has 0 radical (unpaired) electrons. The molecule has 0 fully saturated rings. The lowest BCUT2D eigenvalue weighted by molar-refractivity contribution is -0.129. The minimum absolute atomic E-state index is 0.0120. The second kappa shape index (κ2) is 8.36. The van der Waals surface area contributed by atoms with Crippen LogP contribution in [0.25, 0.3) is 0 Å². The smallest absolute Gasteiger partial charge is 0.341 e. The minimum Gasteiger partial charge on any atom is -0.462 e. The van der Waals surface area contributed by atoms with Crippen molar-refractivity contribution in [1.82, 2.24) is 14.7 Å². The Labute approximate surface area is 173 Å². The van der Waals surface area contributed by atoms with Crippen molar-refractivity contribution in [2.45, 2.75) is 53.6 Å². The molecule has 1 N–H and O–H groups in total. The maximum Gasteiger partial charge on any atom is 0.341 e. The van der Waals surface area contributed by atoms with Gasteiger partial charge in [-0.3, -0.25) is 14.3 Å². The number of nitrogens with one attached hydrogen (secondary N) is 1. The van der Waals surface area contributed by atoms with Gasteiger partial charge in [0.15, 0.2) is 5.69 Å². The van der Waals surface area contributed by atoms with Gasteiger partial charge in [0.2, 0.25) is 5.91 Å². The van der Waals surface area contributed by atoms with Crippen LogP contribution < -0.4 is 5.32 Å². The van der Waals surface area contributed by atoms with E-state index in [1.54, 1.807) is 22.6 Å². The van der Waals surface area contributed by atoms with Crippen molar-refractivity contribution in [2.24, 2.45) is 0 Å². The fraction of sp³-hybridized carbons (Fsp3) is 0.500. The predicted octanol–water partition coefficient (Wildman–Crippen LogP) is 3.17. The summed E-state index contributed by atoms with van der Waals surface area (Å²) >= 11 is 1.32. The van der Waals surface area contributed by atoms with Gasteiger partial charge in [-0.05, 0) is 45.7 Å². The van der Waals surface area contributed by atoms with E-state index < -0.39 is 5.97 Å². The number of amides is 2. The highest BCUT2D eigenvalue weighted by Gasteiger charge is 2.30. The van der Waals surface area contributed by atoms with E-state index in [2.05, 4.69) is 10.4 Å². The molecule has 9 heteroatoms. The van der Waals surface area contributed by atoms with E-state index in [-0.39, 0.29) is 24.5 Å². The first kappa shape index (κ1) is 21.0. The molecule has 3 rings (SSSR count). The number of ether oxygens (including phenoxy) is 1. The summed E-state index contributed by atoms with van der Waals surface area (Å²) in [7, 11) is 0. The van der Waals surface area contributed by atoms with Gasteiger partial charge in [0.25, 0.3) is 5.91 Å². The fourth-order valence-electron chi connectivity index (χ4n) is 3.47. The first-order valence-electron chi connectivity index (χ1n) is 9.67. The van der Waals surface area contributed by atoms with Crippen molar-refractivity contribution in [1.29, 1.82) is 0 Å². The molecule has 0 unspecified atom stereocenters. The summed E-state index contributed by atoms with van der Waals surface area (Å²) in [5, 5.41) is 7.66. The highest BCUT2D eigenvalue weighted by atomic mass is 32.1. The highest BCUT2D eigenvalue weighted by molar-refractivity contribution is 7.17. The molecule has 0 aliphatic carbocycles. The molecule has 0 spiro atoms. The highest BCUT2D eigenvalue weighted by Crippen LogP contribution is 2.38. The second-order valence-corrected chi connectivity index (χ2v) is 8.39. The first-order valence-corrected chi connectivity index (χ1v) is 10.5. The maximum absolute atomic E-state index is 12.8. The number of hydrogen-bond acceptors (Lipinski definition) is 6. The van der Waals surface area contributed by atoms with Gasteiger partial charge in [-0.25, -0.2) is 4.79 Å². The maximum atomic E-state index is 12.8. The topological polar surface area (TPSA) is 93.5 Å². The van der Waals surface area contributed by atoms with Crippen LogP contribution in [0.5, 0.6) is 0 Å². The van der Waals surface area contributed by atoms with Gasteiger partial charge in [-0.2, -0.15) is 5.10 Å². The third kappa shape index (κ3) is 4.19. The number of esters is 1. The van der Waals surface area contributed by atoms with Crippen LogP contribution in [0, 0.1) is 6.92 Å². The van der Waals surface area contributed by atoms with Crippen LogP contribution in [-0.2, 0) is 22.5 Å². The van der Waals surface area contributed by atoms with E-state index in [0.717, 1.165) is 16.1 Å². The normalized spacial score (nSPS) is 13.4. The Kier molecular flexibility index (Phi) is 6.07. The number of carbonyl (C=O) groups excluding carboxylic acids is 3. The van der Waals surface area contributed by atoms with E-state index in [9.17, 15) is 14.4 Å². The lowest BCUT2D eigenvalue weighted by Crippen LogP contribution is -2.34. The van der Waals surface area contributed by atoms with Crippen molar-refractivity contribution in [2.75, 3.05) is 18.5 Å². The number of thiophene rings is 1. The molecule has 156 valence electrons. The van der Waals surface area contributed by atoms with E-state index in [0.29, 0.717) is 35.8 Å². The third-order valence-electron chi connectivity index (χ3n) is 4.85. The second-order valence-electron chi connectivity index (χ2n) is 7.28. The Bertz CT molecular complexity index is 960. The summed E-state index contributed by atoms with van der Waals surface area (Å²) in [5.74, 6) is -0.845. The number of anilines is 1. The molecule has 1 aliphatic rings. The van der Waals surface area contributed by atoms with Gasteiger partial charge >= 0.3 is 5.97 Å². The van der Waals surface area contributed by atoms with Crippen LogP contribution in [0.15, 0.2) is 6.07 Å². The van der Waals surface area contributed by atoms with Crippen molar-refractivity contribution in [3.63, 3.8) is 0 Å². The summed E-state index contributed by atoms with van der Waals surface area (Å²) < 4.78 is 7.01. The van der Waals surface area contributed by atoms with E-state index in [1.807, 2.05) is 20.8 Å². The average Bonchev–Trinajstić information content (AvgIpc) is 3.21. The summed E-state index contributed by atoms with van der Waals surface area (Å²) in [6, 6.07) is 1.86. The van der Waals surface area contributed by atoms with Gasteiger partial charge in [-0.1, -0.05) is 0 Å². The molecule has 0 saturated heterocycles. The molecule has 2 aromatic rings. The minimum atomic E-state index is -0.458. The Hall–Kier alpha value is -2.68. The van der Waals surface area contributed by atoms with Crippen LogP contribution in [-0.4, -0.2) is 45.6 Å². The molecule has 0 atom stereocenters. The van der Waals surface area contributed by atoms with Crippen molar-refractivity contribution in [3.05, 3.63) is 33.5 Å².